The van der Waals surface area contributed by atoms with E-state index in [1.165, 1.54) is 44.1 Å². The Bertz CT molecular complexity index is 555. The highest BCUT2D eigenvalue weighted by Gasteiger charge is 1.98. The normalized spacial score (nSPS) is 11.3. The molecule has 0 aliphatic rings. The number of aryl methyl sites for hydroxylation is 1. The second-order valence-corrected chi connectivity index (χ2v) is 8.41. The van der Waals surface area contributed by atoms with Crippen molar-refractivity contribution in [3.63, 3.8) is 0 Å². The lowest BCUT2D eigenvalue weighted by molar-refractivity contribution is -0.0191. The molecule has 8 nitrogen and oxygen atoms in total. The van der Waals surface area contributed by atoms with Crippen LogP contribution in [0.5, 0.6) is 5.75 Å². The number of unbranched alkanes of at least 4 members (excludes halogenated alkanes) is 5. The second kappa shape index (κ2) is 26.8. The van der Waals surface area contributed by atoms with Crippen LogP contribution < -0.4 is 4.74 Å². The fourth-order valence-corrected chi connectivity index (χ4v) is 3.35. The summed E-state index contributed by atoms with van der Waals surface area (Å²) >= 11 is 0. The first kappa shape index (κ1) is 32.8. The lowest BCUT2D eigenvalue weighted by Crippen LogP contribution is -2.15. The zero-order valence-electron chi connectivity index (χ0n) is 22.5. The minimum atomic E-state index is 0.0343. The van der Waals surface area contributed by atoms with Gasteiger partial charge in [-0.25, -0.2) is 0 Å². The van der Waals surface area contributed by atoms with Crippen LogP contribution in [-0.2, 0) is 34.8 Å². The molecule has 1 aromatic carbocycles. The second-order valence-electron chi connectivity index (χ2n) is 8.41. The van der Waals surface area contributed by atoms with E-state index in [0.29, 0.717) is 85.9 Å². The molecule has 0 amide bonds. The van der Waals surface area contributed by atoms with Crippen LogP contribution in [0.2, 0.25) is 0 Å². The maximum absolute atomic E-state index is 8.57. The summed E-state index contributed by atoms with van der Waals surface area (Å²) in [5, 5.41) is 8.57. The zero-order chi connectivity index (χ0) is 25.8. The van der Waals surface area contributed by atoms with Crippen molar-refractivity contribution in [1.82, 2.24) is 0 Å². The van der Waals surface area contributed by atoms with Crippen molar-refractivity contribution < 1.29 is 38.3 Å². The molecule has 1 aromatic rings. The number of hydrogen-bond acceptors (Lipinski definition) is 8. The van der Waals surface area contributed by atoms with Crippen LogP contribution in [0.3, 0.4) is 0 Å². The van der Waals surface area contributed by atoms with Gasteiger partial charge in [-0.2, -0.15) is 0 Å². The molecule has 0 spiro atoms. The predicted molar refractivity (Wildman–Crippen MR) is 141 cm³/mol. The van der Waals surface area contributed by atoms with Gasteiger partial charge in [0, 0.05) is 0 Å². The van der Waals surface area contributed by atoms with Gasteiger partial charge in [-0.15, -0.1) is 0 Å². The van der Waals surface area contributed by atoms with Crippen molar-refractivity contribution in [3.05, 3.63) is 29.8 Å². The van der Waals surface area contributed by atoms with Crippen molar-refractivity contribution >= 4 is 0 Å². The maximum atomic E-state index is 8.57. The maximum Gasteiger partial charge on any atom is 0.119 e. The number of aliphatic hydroxyl groups is 1. The van der Waals surface area contributed by atoms with Gasteiger partial charge in [-0.1, -0.05) is 51.2 Å². The third kappa shape index (κ3) is 22.0. The number of benzene rings is 1. The number of ether oxygens (including phenoxy) is 7. The molecular formula is C28H50O8. The predicted octanol–water partition coefficient (Wildman–Crippen LogP) is 4.06. The summed E-state index contributed by atoms with van der Waals surface area (Å²) < 4.78 is 38.1. The van der Waals surface area contributed by atoms with E-state index in [0.717, 1.165) is 12.2 Å². The Morgan fingerprint density at radius 3 is 1.39 bits per heavy atom. The summed E-state index contributed by atoms with van der Waals surface area (Å²) in [5.74, 6) is 0.888. The van der Waals surface area contributed by atoms with E-state index in [-0.39, 0.29) is 6.61 Å². The third-order valence-corrected chi connectivity index (χ3v) is 5.33. The molecule has 0 radical (unpaired) electrons. The molecule has 0 atom stereocenters. The average Bonchev–Trinajstić information content (AvgIpc) is 2.90. The van der Waals surface area contributed by atoms with Gasteiger partial charge in [0.2, 0.25) is 0 Å². The summed E-state index contributed by atoms with van der Waals surface area (Å²) in [6.07, 6.45) is 9.12. The minimum absolute atomic E-state index is 0.0343. The lowest BCUT2D eigenvalue weighted by atomic mass is 10.0. The Kier molecular flexibility index (Phi) is 24.4. The summed E-state index contributed by atoms with van der Waals surface area (Å²) in [4.78, 5) is 0. The molecule has 0 aliphatic carbocycles. The highest BCUT2D eigenvalue weighted by Crippen LogP contribution is 2.15. The molecule has 1 rings (SSSR count). The first-order valence-corrected chi connectivity index (χ1v) is 13.7. The highest BCUT2D eigenvalue weighted by molar-refractivity contribution is 5.27. The van der Waals surface area contributed by atoms with Crippen molar-refractivity contribution in [2.24, 2.45) is 0 Å². The summed E-state index contributed by atoms with van der Waals surface area (Å²) in [6, 6.07) is 8.43. The van der Waals surface area contributed by atoms with Gasteiger partial charge < -0.3 is 38.3 Å². The summed E-state index contributed by atoms with van der Waals surface area (Å²) in [5.41, 5.74) is 1.38. The Morgan fingerprint density at radius 2 is 0.917 bits per heavy atom. The molecule has 8 heteroatoms. The Morgan fingerprint density at radius 1 is 0.500 bits per heavy atom. The molecule has 0 aliphatic heterocycles. The van der Waals surface area contributed by atoms with Crippen LogP contribution in [0.25, 0.3) is 0 Å². The Balaban J connectivity index is 1.78. The first-order chi connectivity index (χ1) is 17.9. The smallest absolute Gasteiger partial charge is 0.119 e. The molecule has 210 valence electrons. The molecule has 0 bridgehead atoms. The molecule has 0 heterocycles. The van der Waals surface area contributed by atoms with Crippen LogP contribution in [0, 0.1) is 0 Å². The minimum Gasteiger partial charge on any atom is -0.491 e. The number of rotatable bonds is 28. The third-order valence-electron chi connectivity index (χ3n) is 5.33. The number of aliphatic hydroxyl groups excluding tert-OH is 1. The van der Waals surface area contributed by atoms with E-state index in [1.807, 2.05) is 12.1 Å². The van der Waals surface area contributed by atoms with Crippen LogP contribution in [-0.4, -0.2) is 97.6 Å². The molecule has 0 saturated heterocycles. The lowest BCUT2D eigenvalue weighted by Gasteiger charge is -2.09. The van der Waals surface area contributed by atoms with Gasteiger partial charge in [0.05, 0.1) is 85.9 Å². The molecule has 0 saturated carbocycles. The first-order valence-electron chi connectivity index (χ1n) is 13.7. The molecule has 0 fully saturated rings. The summed E-state index contributed by atoms with van der Waals surface area (Å²) in [7, 11) is 0. The number of hydrogen-bond donors (Lipinski definition) is 1. The van der Waals surface area contributed by atoms with Crippen molar-refractivity contribution in [1.29, 1.82) is 0 Å². The van der Waals surface area contributed by atoms with E-state index in [2.05, 4.69) is 19.1 Å². The monoisotopic (exact) mass is 514 g/mol. The van der Waals surface area contributed by atoms with E-state index in [4.69, 9.17) is 38.3 Å². The Hall–Kier alpha value is -1.26. The van der Waals surface area contributed by atoms with Crippen LogP contribution in [0.1, 0.15) is 51.0 Å². The van der Waals surface area contributed by atoms with Crippen LogP contribution >= 0.6 is 0 Å². The van der Waals surface area contributed by atoms with Gasteiger partial charge in [0.15, 0.2) is 0 Å². The van der Waals surface area contributed by atoms with E-state index < -0.39 is 0 Å². The van der Waals surface area contributed by atoms with E-state index in [9.17, 15) is 0 Å². The molecule has 0 aromatic heterocycles. The molecule has 36 heavy (non-hydrogen) atoms. The topological polar surface area (TPSA) is 84.8 Å². The van der Waals surface area contributed by atoms with Gasteiger partial charge in [0.25, 0.3) is 0 Å². The standard InChI is InChI=1S/C28H50O8/c1-2-3-4-5-6-7-8-27-9-11-28(12-10-27)36-26-25-35-24-23-34-22-21-33-20-19-32-18-17-31-16-15-30-14-13-29/h9-12,29H,2-8,13-26H2,1H3. The highest BCUT2D eigenvalue weighted by atomic mass is 16.6. The van der Waals surface area contributed by atoms with E-state index in [1.54, 1.807) is 0 Å². The molecule has 1 N–H and O–H groups in total. The van der Waals surface area contributed by atoms with Gasteiger partial charge >= 0.3 is 0 Å². The van der Waals surface area contributed by atoms with Gasteiger partial charge in [-0.3, -0.25) is 0 Å². The fraction of sp³-hybridized carbons (Fsp3) is 0.786. The zero-order valence-corrected chi connectivity index (χ0v) is 22.5. The van der Waals surface area contributed by atoms with Crippen molar-refractivity contribution in [3.8, 4) is 5.75 Å². The Labute approximate surface area is 218 Å². The van der Waals surface area contributed by atoms with E-state index >= 15 is 0 Å². The quantitative estimate of drug-likeness (QED) is 0.168. The van der Waals surface area contributed by atoms with Gasteiger partial charge in [0.1, 0.15) is 12.4 Å². The summed E-state index contributed by atoms with van der Waals surface area (Å²) in [6.45, 7) is 8.90. The largest absolute Gasteiger partial charge is 0.491 e. The average molecular weight is 515 g/mol. The molecular weight excluding hydrogens is 464 g/mol. The molecule has 0 unspecified atom stereocenters. The van der Waals surface area contributed by atoms with Crippen LogP contribution in [0.15, 0.2) is 24.3 Å². The van der Waals surface area contributed by atoms with Crippen LogP contribution in [0.4, 0.5) is 0 Å². The van der Waals surface area contributed by atoms with Crippen molar-refractivity contribution in [2.45, 2.75) is 51.9 Å². The van der Waals surface area contributed by atoms with Crippen molar-refractivity contribution in [2.75, 3.05) is 92.5 Å². The SMILES string of the molecule is CCCCCCCCc1ccc(OCCOCCOCCOCCOCCOCCOCCO)cc1. The van der Waals surface area contributed by atoms with Gasteiger partial charge in [-0.05, 0) is 30.5 Å². The fourth-order valence-electron chi connectivity index (χ4n) is 3.35.